The van der Waals surface area contributed by atoms with Crippen LogP contribution in [0.3, 0.4) is 0 Å². The molecule has 0 saturated carbocycles. The van der Waals surface area contributed by atoms with E-state index in [4.69, 9.17) is 23.2 Å². The molecule has 2 aromatic rings. The van der Waals surface area contributed by atoms with Crippen LogP contribution in [0.25, 0.3) is 0 Å². The monoisotopic (exact) mass is 353 g/mol. The average molecular weight is 354 g/mol. The van der Waals surface area contributed by atoms with E-state index in [-0.39, 0.29) is 6.04 Å². The SMILES string of the molecule is CC(Nc1ccccc1SC(F)F)c1cc(Cl)sc1Cl. The maximum atomic E-state index is 12.5. The van der Waals surface area contributed by atoms with Crippen molar-refractivity contribution in [2.45, 2.75) is 23.6 Å². The van der Waals surface area contributed by atoms with Crippen LogP contribution in [0.1, 0.15) is 18.5 Å². The first-order valence-electron chi connectivity index (χ1n) is 5.72. The molecule has 0 fully saturated rings. The predicted octanol–water partition coefficient (Wildman–Crippen LogP) is 6.54. The zero-order valence-corrected chi connectivity index (χ0v) is 13.5. The van der Waals surface area contributed by atoms with Crippen molar-refractivity contribution < 1.29 is 8.78 Å². The molecule has 0 aliphatic rings. The third-order valence-electron chi connectivity index (χ3n) is 2.62. The fourth-order valence-corrected chi connectivity index (χ4v) is 3.99. The second kappa shape index (κ2) is 6.98. The highest BCUT2D eigenvalue weighted by molar-refractivity contribution is 7.99. The molecular formula is C13H11Cl2F2NS2. The first-order chi connectivity index (χ1) is 9.47. The fourth-order valence-electron chi connectivity index (χ4n) is 1.74. The van der Waals surface area contributed by atoms with E-state index in [2.05, 4.69) is 5.32 Å². The Morgan fingerprint density at radius 1 is 1.25 bits per heavy atom. The van der Waals surface area contributed by atoms with Crippen LogP contribution in [0.5, 0.6) is 0 Å². The lowest BCUT2D eigenvalue weighted by molar-refractivity contribution is 0.252. The maximum absolute atomic E-state index is 12.5. The lowest BCUT2D eigenvalue weighted by Gasteiger charge is -2.17. The smallest absolute Gasteiger partial charge is 0.288 e. The minimum absolute atomic E-state index is 0.120. The molecule has 1 atom stereocenters. The second-order valence-corrected chi connectivity index (χ2v) is 7.34. The molecule has 1 aromatic heterocycles. The van der Waals surface area contributed by atoms with Gasteiger partial charge >= 0.3 is 0 Å². The van der Waals surface area contributed by atoms with Crippen molar-refractivity contribution in [3.8, 4) is 0 Å². The summed E-state index contributed by atoms with van der Waals surface area (Å²) in [5.41, 5.74) is 1.52. The number of para-hydroxylation sites is 1. The van der Waals surface area contributed by atoms with Gasteiger partial charge in [-0.25, -0.2) is 0 Å². The summed E-state index contributed by atoms with van der Waals surface area (Å²) in [6, 6.07) is 8.62. The summed E-state index contributed by atoms with van der Waals surface area (Å²) in [5.74, 6) is -2.45. The molecule has 7 heteroatoms. The van der Waals surface area contributed by atoms with Crippen molar-refractivity contribution in [1.82, 2.24) is 0 Å². The van der Waals surface area contributed by atoms with E-state index in [1.807, 2.05) is 6.92 Å². The highest BCUT2D eigenvalue weighted by atomic mass is 35.5. The molecule has 0 amide bonds. The van der Waals surface area contributed by atoms with Gasteiger partial charge in [-0.1, -0.05) is 47.1 Å². The van der Waals surface area contributed by atoms with E-state index in [9.17, 15) is 8.78 Å². The number of halogens is 4. The molecule has 0 spiro atoms. The largest absolute Gasteiger partial charge is 0.378 e. The summed E-state index contributed by atoms with van der Waals surface area (Å²) >= 11 is 13.8. The minimum Gasteiger partial charge on any atom is -0.378 e. The van der Waals surface area contributed by atoms with Crippen LogP contribution >= 0.6 is 46.3 Å². The van der Waals surface area contributed by atoms with Crippen LogP contribution in [0, 0.1) is 0 Å². The van der Waals surface area contributed by atoms with Crippen molar-refractivity contribution in [3.63, 3.8) is 0 Å². The molecule has 1 aromatic carbocycles. The number of hydrogen-bond acceptors (Lipinski definition) is 3. The summed E-state index contributed by atoms with van der Waals surface area (Å²) < 4.78 is 26.3. The number of anilines is 1. The molecule has 2 rings (SSSR count). The molecule has 20 heavy (non-hydrogen) atoms. The predicted molar refractivity (Wildman–Crippen MR) is 84.7 cm³/mol. The average Bonchev–Trinajstić information content (AvgIpc) is 2.70. The third-order valence-corrected chi connectivity index (χ3v) is 4.93. The Labute approximate surface area is 134 Å². The molecule has 0 aliphatic carbocycles. The van der Waals surface area contributed by atoms with E-state index in [1.54, 1.807) is 30.3 Å². The highest BCUT2D eigenvalue weighted by Crippen LogP contribution is 2.38. The molecule has 1 heterocycles. The number of thioether (sulfide) groups is 1. The van der Waals surface area contributed by atoms with Gasteiger partial charge in [0.1, 0.15) is 0 Å². The Bertz CT molecular complexity index is 590. The van der Waals surface area contributed by atoms with Gasteiger partial charge in [0.05, 0.1) is 14.7 Å². The van der Waals surface area contributed by atoms with Crippen molar-refractivity contribution in [3.05, 3.63) is 44.6 Å². The van der Waals surface area contributed by atoms with Crippen molar-refractivity contribution in [2.24, 2.45) is 0 Å². The zero-order chi connectivity index (χ0) is 14.7. The Balaban J connectivity index is 2.19. The number of rotatable bonds is 5. The van der Waals surface area contributed by atoms with Crippen LogP contribution in [0.4, 0.5) is 14.5 Å². The normalized spacial score (nSPS) is 12.7. The minimum atomic E-state index is -2.45. The Hall–Kier alpha value is -0.490. The van der Waals surface area contributed by atoms with Gasteiger partial charge in [-0.2, -0.15) is 8.78 Å². The number of thiophene rings is 1. The Morgan fingerprint density at radius 2 is 1.95 bits per heavy atom. The second-order valence-electron chi connectivity index (χ2n) is 4.02. The standard InChI is InChI=1S/C13H11Cl2F2NS2/c1-7(8-6-11(14)20-12(8)15)18-9-4-2-3-5-10(9)19-13(16)17/h2-7,13,18H,1H3. The van der Waals surface area contributed by atoms with Gasteiger partial charge < -0.3 is 5.32 Å². The summed E-state index contributed by atoms with van der Waals surface area (Å²) in [6.45, 7) is 1.91. The Kier molecular flexibility index (Phi) is 5.55. The van der Waals surface area contributed by atoms with E-state index < -0.39 is 5.76 Å². The molecule has 0 radical (unpaired) electrons. The first-order valence-corrected chi connectivity index (χ1v) is 8.17. The number of alkyl halides is 2. The van der Waals surface area contributed by atoms with Gasteiger partial charge in [0.15, 0.2) is 0 Å². The molecule has 0 saturated heterocycles. The van der Waals surface area contributed by atoms with E-state index in [0.717, 1.165) is 5.56 Å². The van der Waals surface area contributed by atoms with E-state index >= 15 is 0 Å². The van der Waals surface area contributed by atoms with Crippen molar-refractivity contribution in [1.29, 1.82) is 0 Å². The molecule has 0 aliphatic heterocycles. The van der Waals surface area contributed by atoms with Gasteiger partial charge in [-0.15, -0.1) is 11.3 Å². The summed E-state index contributed by atoms with van der Waals surface area (Å²) in [7, 11) is 0. The quantitative estimate of drug-likeness (QED) is 0.612. The summed E-state index contributed by atoms with van der Waals surface area (Å²) in [6.07, 6.45) is 0. The Morgan fingerprint density at radius 3 is 2.55 bits per heavy atom. The molecule has 108 valence electrons. The third kappa shape index (κ3) is 4.01. The number of nitrogens with one attached hydrogen (secondary N) is 1. The van der Waals surface area contributed by atoms with E-state index in [1.165, 1.54) is 11.3 Å². The molecule has 1 N–H and O–H groups in total. The lowest BCUT2D eigenvalue weighted by atomic mass is 10.1. The van der Waals surface area contributed by atoms with Crippen molar-refractivity contribution in [2.75, 3.05) is 5.32 Å². The van der Waals surface area contributed by atoms with Gasteiger partial charge in [-0.3, -0.25) is 0 Å². The first kappa shape index (κ1) is 15.9. The van der Waals surface area contributed by atoms with Crippen LogP contribution in [-0.4, -0.2) is 5.76 Å². The fraction of sp³-hybridized carbons (Fsp3) is 0.231. The molecule has 0 bridgehead atoms. The summed E-state index contributed by atoms with van der Waals surface area (Å²) in [4.78, 5) is 0.506. The maximum Gasteiger partial charge on any atom is 0.288 e. The van der Waals surface area contributed by atoms with Crippen LogP contribution in [0.15, 0.2) is 35.2 Å². The lowest BCUT2D eigenvalue weighted by Crippen LogP contribution is -2.07. The molecular weight excluding hydrogens is 343 g/mol. The van der Waals surface area contributed by atoms with Gasteiger partial charge in [-0.05, 0) is 25.1 Å². The number of benzene rings is 1. The van der Waals surface area contributed by atoms with Crippen LogP contribution in [0.2, 0.25) is 8.67 Å². The molecule has 1 nitrogen and oxygen atoms in total. The highest BCUT2D eigenvalue weighted by Gasteiger charge is 2.16. The van der Waals surface area contributed by atoms with Gasteiger partial charge in [0, 0.05) is 16.1 Å². The van der Waals surface area contributed by atoms with Gasteiger partial charge in [0.25, 0.3) is 5.76 Å². The number of hydrogen-bond donors (Lipinski definition) is 1. The van der Waals surface area contributed by atoms with E-state index in [0.29, 0.717) is 31.0 Å². The van der Waals surface area contributed by atoms with Crippen LogP contribution < -0.4 is 5.32 Å². The van der Waals surface area contributed by atoms with Gasteiger partial charge in [0.2, 0.25) is 0 Å². The zero-order valence-electron chi connectivity index (χ0n) is 10.4. The van der Waals surface area contributed by atoms with Crippen LogP contribution in [-0.2, 0) is 0 Å². The molecule has 1 unspecified atom stereocenters. The summed E-state index contributed by atoms with van der Waals surface area (Å²) in [5, 5.41) is 3.20. The van der Waals surface area contributed by atoms with Crippen molar-refractivity contribution >= 4 is 52.0 Å². The topological polar surface area (TPSA) is 12.0 Å².